The molecule has 6 heteroatoms. The lowest BCUT2D eigenvalue weighted by atomic mass is 10.2. The number of methoxy groups -OCH3 is 1. The van der Waals surface area contributed by atoms with E-state index < -0.39 is 18.2 Å². The zero-order valence-electron chi connectivity index (χ0n) is 8.01. The van der Waals surface area contributed by atoms with E-state index in [-0.39, 0.29) is 5.33 Å². The highest BCUT2D eigenvalue weighted by molar-refractivity contribution is 9.09. The van der Waals surface area contributed by atoms with Crippen LogP contribution in [0.4, 0.5) is 0 Å². The third kappa shape index (κ3) is 3.01. The van der Waals surface area contributed by atoms with Gasteiger partial charge in [0.15, 0.2) is 0 Å². The number of carbonyl (C=O) groups is 1. The Kier molecular flexibility index (Phi) is 4.72. The van der Waals surface area contributed by atoms with Crippen molar-refractivity contribution in [1.82, 2.24) is 0 Å². The van der Waals surface area contributed by atoms with E-state index in [1.807, 2.05) is 0 Å². The quantitative estimate of drug-likeness (QED) is 0.649. The Morgan fingerprint density at radius 2 is 2.27 bits per heavy atom. The van der Waals surface area contributed by atoms with Gasteiger partial charge < -0.3 is 14.9 Å². The summed E-state index contributed by atoms with van der Waals surface area (Å²) in [5.74, 6) is -0.438. The maximum Gasteiger partial charge on any atom is 0.348 e. The first-order valence-corrected chi connectivity index (χ1v) is 6.14. The molecule has 0 saturated carbocycles. The van der Waals surface area contributed by atoms with Gasteiger partial charge in [0.05, 0.1) is 13.2 Å². The van der Waals surface area contributed by atoms with Crippen LogP contribution >= 0.6 is 27.3 Å². The van der Waals surface area contributed by atoms with Crippen molar-refractivity contribution < 1.29 is 19.7 Å². The zero-order chi connectivity index (χ0) is 11.4. The number of carbonyl (C=O) groups excluding carboxylic acids is 1. The fraction of sp³-hybridized carbons (Fsp3) is 0.444. The first-order chi connectivity index (χ1) is 7.10. The van der Waals surface area contributed by atoms with Crippen molar-refractivity contribution in [2.75, 3.05) is 12.4 Å². The smallest absolute Gasteiger partial charge is 0.348 e. The van der Waals surface area contributed by atoms with Gasteiger partial charge in [0.25, 0.3) is 0 Å². The lowest BCUT2D eigenvalue weighted by Crippen LogP contribution is -2.18. The molecule has 2 N–H and O–H groups in total. The van der Waals surface area contributed by atoms with E-state index in [2.05, 4.69) is 20.7 Å². The number of thiophene rings is 1. The van der Waals surface area contributed by atoms with Gasteiger partial charge >= 0.3 is 5.97 Å². The van der Waals surface area contributed by atoms with Crippen LogP contribution in [0.3, 0.4) is 0 Å². The predicted molar refractivity (Wildman–Crippen MR) is 60.4 cm³/mol. The molecule has 1 heterocycles. The van der Waals surface area contributed by atoms with E-state index in [9.17, 15) is 15.0 Å². The van der Waals surface area contributed by atoms with Crippen LogP contribution in [0.25, 0.3) is 0 Å². The van der Waals surface area contributed by atoms with E-state index in [0.29, 0.717) is 9.75 Å². The molecule has 0 aliphatic heterocycles. The molecular formula is C9H11BrO4S. The lowest BCUT2D eigenvalue weighted by Gasteiger charge is -2.13. The monoisotopic (exact) mass is 294 g/mol. The molecule has 0 amide bonds. The molecule has 2 atom stereocenters. The molecule has 0 saturated heterocycles. The standard InChI is InChI=1S/C9H11BrO4S/c1-14-9(13)7-3-2-6(15-7)8(12)5(11)4-10/h2-3,5,8,11-12H,4H2,1H3. The normalized spacial score (nSPS) is 14.7. The Hall–Kier alpha value is -0.430. The summed E-state index contributed by atoms with van der Waals surface area (Å²) in [6.07, 6.45) is -1.86. The zero-order valence-corrected chi connectivity index (χ0v) is 10.4. The van der Waals surface area contributed by atoms with Crippen molar-refractivity contribution in [1.29, 1.82) is 0 Å². The summed E-state index contributed by atoms with van der Waals surface area (Å²) >= 11 is 4.18. The summed E-state index contributed by atoms with van der Waals surface area (Å²) < 4.78 is 4.53. The topological polar surface area (TPSA) is 66.8 Å². The number of aliphatic hydroxyl groups is 2. The summed E-state index contributed by atoms with van der Waals surface area (Å²) in [7, 11) is 1.30. The SMILES string of the molecule is COC(=O)c1ccc(C(O)C(O)CBr)s1. The molecule has 0 fully saturated rings. The molecule has 0 radical (unpaired) electrons. The fourth-order valence-corrected chi connectivity index (χ4v) is 2.32. The van der Waals surface area contributed by atoms with Crippen molar-refractivity contribution in [2.24, 2.45) is 0 Å². The van der Waals surface area contributed by atoms with Gasteiger partial charge in [0, 0.05) is 10.2 Å². The van der Waals surface area contributed by atoms with E-state index in [1.165, 1.54) is 7.11 Å². The van der Waals surface area contributed by atoms with Crippen LogP contribution in [-0.2, 0) is 4.74 Å². The van der Waals surface area contributed by atoms with Crippen LogP contribution in [0.15, 0.2) is 12.1 Å². The third-order valence-electron chi connectivity index (χ3n) is 1.83. The van der Waals surface area contributed by atoms with E-state index >= 15 is 0 Å². The highest BCUT2D eigenvalue weighted by Crippen LogP contribution is 2.26. The minimum atomic E-state index is -0.979. The Balaban J connectivity index is 2.79. The molecule has 0 bridgehead atoms. The number of rotatable bonds is 4. The molecule has 1 aromatic heterocycles. The highest BCUT2D eigenvalue weighted by Gasteiger charge is 2.20. The van der Waals surface area contributed by atoms with Crippen molar-refractivity contribution in [3.8, 4) is 0 Å². The molecule has 0 spiro atoms. The predicted octanol–water partition coefficient (Wildman–Crippen LogP) is 1.32. The molecule has 0 aliphatic carbocycles. The number of alkyl halides is 1. The summed E-state index contributed by atoms with van der Waals surface area (Å²) in [6.45, 7) is 0. The molecule has 4 nitrogen and oxygen atoms in total. The first kappa shape index (κ1) is 12.6. The van der Waals surface area contributed by atoms with E-state index in [4.69, 9.17) is 0 Å². The number of ether oxygens (including phenoxy) is 1. The van der Waals surface area contributed by atoms with E-state index in [0.717, 1.165) is 11.3 Å². The average Bonchev–Trinajstić information content (AvgIpc) is 2.75. The molecule has 84 valence electrons. The molecule has 0 aromatic carbocycles. The molecule has 1 aromatic rings. The number of halogens is 1. The largest absolute Gasteiger partial charge is 0.465 e. The number of hydrogen-bond donors (Lipinski definition) is 2. The van der Waals surface area contributed by atoms with Crippen LogP contribution < -0.4 is 0 Å². The van der Waals surface area contributed by atoms with Crippen molar-refractivity contribution in [2.45, 2.75) is 12.2 Å². The van der Waals surface area contributed by atoms with Gasteiger partial charge in [-0.1, -0.05) is 15.9 Å². The lowest BCUT2D eigenvalue weighted by molar-refractivity contribution is 0.0366. The second kappa shape index (κ2) is 5.60. The van der Waals surface area contributed by atoms with E-state index in [1.54, 1.807) is 12.1 Å². The minimum Gasteiger partial charge on any atom is -0.465 e. The van der Waals surface area contributed by atoms with Crippen LogP contribution in [0.5, 0.6) is 0 Å². The maximum atomic E-state index is 11.1. The van der Waals surface area contributed by atoms with Crippen molar-refractivity contribution in [3.63, 3.8) is 0 Å². The molecular weight excluding hydrogens is 284 g/mol. The number of aliphatic hydroxyl groups excluding tert-OH is 2. The first-order valence-electron chi connectivity index (χ1n) is 4.20. The summed E-state index contributed by atoms with van der Waals surface area (Å²) in [5, 5.41) is 19.3. The van der Waals surface area contributed by atoms with Crippen LogP contribution in [0.1, 0.15) is 20.7 Å². The van der Waals surface area contributed by atoms with Crippen LogP contribution in [-0.4, -0.2) is 34.7 Å². The van der Waals surface area contributed by atoms with Gasteiger partial charge in [-0.25, -0.2) is 4.79 Å². The number of esters is 1. The van der Waals surface area contributed by atoms with Crippen LogP contribution in [0.2, 0.25) is 0 Å². The Morgan fingerprint density at radius 1 is 1.60 bits per heavy atom. The molecule has 1 rings (SSSR count). The van der Waals surface area contributed by atoms with Crippen molar-refractivity contribution in [3.05, 3.63) is 21.9 Å². The van der Waals surface area contributed by atoms with Gasteiger partial charge in [-0.05, 0) is 12.1 Å². The maximum absolute atomic E-state index is 11.1. The molecule has 15 heavy (non-hydrogen) atoms. The third-order valence-corrected chi connectivity index (χ3v) is 3.63. The minimum absolute atomic E-state index is 0.277. The summed E-state index contributed by atoms with van der Waals surface area (Å²) in [4.78, 5) is 12.1. The Labute approximate surface area is 99.6 Å². The van der Waals surface area contributed by atoms with Crippen LogP contribution in [0, 0.1) is 0 Å². The molecule has 0 aliphatic rings. The Bertz CT molecular complexity index is 339. The van der Waals surface area contributed by atoms with Gasteiger partial charge in [-0.3, -0.25) is 0 Å². The highest BCUT2D eigenvalue weighted by atomic mass is 79.9. The summed E-state index contributed by atoms with van der Waals surface area (Å²) in [6, 6.07) is 3.17. The Morgan fingerprint density at radius 3 is 2.80 bits per heavy atom. The second-order valence-electron chi connectivity index (χ2n) is 2.86. The fourth-order valence-electron chi connectivity index (χ4n) is 0.996. The van der Waals surface area contributed by atoms with Crippen molar-refractivity contribution >= 4 is 33.2 Å². The van der Waals surface area contributed by atoms with Gasteiger partial charge in [0.1, 0.15) is 11.0 Å². The number of hydrogen-bond acceptors (Lipinski definition) is 5. The summed E-state index contributed by atoms with van der Waals surface area (Å²) in [5.41, 5.74) is 0. The molecule has 2 unspecified atom stereocenters. The van der Waals surface area contributed by atoms with Gasteiger partial charge in [-0.15, -0.1) is 11.3 Å². The van der Waals surface area contributed by atoms with Gasteiger partial charge in [-0.2, -0.15) is 0 Å². The second-order valence-corrected chi connectivity index (χ2v) is 4.62. The van der Waals surface area contributed by atoms with Gasteiger partial charge in [0.2, 0.25) is 0 Å². The average molecular weight is 295 g/mol.